The first-order valence-electron chi connectivity index (χ1n) is 7.33. The van der Waals surface area contributed by atoms with Gasteiger partial charge in [-0.1, -0.05) is 12.1 Å². The number of nitrogens with zero attached hydrogens (tertiary/aromatic N) is 2. The average Bonchev–Trinajstić information content (AvgIpc) is 3.07. The van der Waals surface area contributed by atoms with Gasteiger partial charge in [0.1, 0.15) is 11.6 Å². The summed E-state index contributed by atoms with van der Waals surface area (Å²) < 4.78 is 10.6. The van der Waals surface area contributed by atoms with Gasteiger partial charge in [-0.3, -0.25) is 0 Å². The van der Waals surface area contributed by atoms with Crippen molar-refractivity contribution in [1.29, 1.82) is 0 Å². The van der Waals surface area contributed by atoms with E-state index in [9.17, 15) is 0 Å². The summed E-state index contributed by atoms with van der Waals surface area (Å²) in [5.74, 6) is 2.19. The number of aromatic nitrogens is 2. The van der Waals surface area contributed by atoms with Gasteiger partial charge in [-0.15, -0.1) is 0 Å². The molecular formula is C16H20N4O2. The Morgan fingerprint density at radius 3 is 2.82 bits per heavy atom. The number of rotatable bonds is 5. The Balaban J connectivity index is 1.68. The molecule has 116 valence electrons. The van der Waals surface area contributed by atoms with Crippen LogP contribution in [0, 0.1) is 0 Å². The second kappa shape index (κ2) is 6.62. The van der Waals surface area contributed by atoms with Crippen molar-refractivity contribution >= 4 is 11.8 Å². The Morgan fingerprint density at radius 1 is 1.32 bits per heavy atom. The number of benzene rings is 1. The zero-order valence-corrected chi connectivity index (χ0v) is 12.6. The van der Waals surface area contributed by atoms with E-state index in [0.29, 0.717) is 25.0 Å². The number of methoxy groups -OCH3 is 1. The first-order chi connectivity index (χ1) is 10.7. The number of hydrogen-bond acceptors (Lipinski definition) is 6. The van der Waals surface area contributed by atoms with Crippen molar-refractivity contribution in [2.45, 2.75) is 18.9 Å². The monoisotopic (exact) mass is 300 g/mol. The molecule has 1 aromatic carbocycles. The molecule has 3 N–H and O–H groups in total. The maximum absolute atomic E-state index is 5.81. The van der Waals surface area contributed by atoms with Crippen molar-refractivity contribution in [1.82, 2.24) is 9.97 Å². The standard InChI is InChI=1S/C16H20N4O2/c1-21-13-4-2-11(3-5-13)9-18-15-8-14(19-16(17)20-15)12-6-7-22-10-12/h2-5,8,12H,6-7,9-10H2,1H3,(H3,17,18,19,20)/t12-/m0/s1. The molecule has 2 heterocycles. The number of nitrogens with two attached hydrogens (primary N) is 1. The van der Waals surface area contributed by atoms with Crippen molar-refractivity contribution in [2.75, 3.05) is 31.4 Å². The van der Waals surface area contributed by atoms with Gasteiger partial charge in [-0.05, 0) is 24.1 Å². The van der Waals surface area contributed by atoms with E-state index in [1.54, 1.807) is 7.11 Å². The molecule has 1 fully saturated rings. The summed E-state index contributed by atoms with van der Waals surface area (Å²) in [5, 5.41) is 3.29. The summed E-state index contributed by atoms with van der Waals surface area (Å²) in [7, 11) is 1.66. The Hall–Kier alpha value is -2.34. The molecule has 0 bridgehead atoms. The maximum atomic E-state index is 5.81. The summed E-state index contributed by atoms with van der Waals surface area (Å²) >= 11 is 0. The number of nitrogens with one attached hydrogen (secondary N) is 1. The van der Waals surface area contributed by atoms with Gasteiger partial charge >= 0.3 is 0 Å². The van der Waals surface area contributed by atoms with E-state index in [2.05, 4.69) is 15.3 Å². The molecule has 1 saturated heterocycles. The number of nitrogen functional groups attached to an aromatic ring is 1. The lowest BCUT2D eigenvalue weighted by molar-refractivity contribution is 0.193. The lowest BCUT2D eigenvalue weighted by Crippen LogP contribution is -2.09. The van der Waals surface area contributed by atoms with E-state index in [1.165, 1.54) is 0 Å². The lowest BCUT2D eigenvalue weighted by atomic mass is 10.0. The number of anilines is 2. The van der Waals surface area contributed by atoms with Crippen LogP contribution in [0.2, 0.25) is 0 Å². The number of hydrogen-bond donors (Lipinski definition) is 2. The van der Waals surface area contributed by atoms with Crippen molar-refractivity contribution in [3.63, 3.8) is 0 Å². The third-order valence-corrected chi connectivity index (χ3v) is 3.74. The van der Waals surface area contributed by atoms with Gasteiger partial charge in [0.15, 0.2) is 0 Å². The van der Waals surface area contributed by atoms with E-state index in [4.69, 9.17) is 15.2 Å². The zero-order chi connectivity index (χ0) is 15.4. The predicted octanol–water partition coefficient (Wildman–Crippen LogP) is 2.18. The molecule has 0 saturated carbocycles. The molecule has 1 atom stereocenters. The predicted molar refractivity (Wildman–Crippen MR) is 84.9 cm³/mol. The zero-order valence-electron chi connectivity index (χ0n) is 12.6. The van der Waals surface area contributed by atoms with Crippen LogP contribution in [0.5, 0.6) is 5.75 Å². The molecular weight excluding hydrogens is 280 g/mol. The van der Waals surface area contributed by atoms with E-state index in [-0.39, 0.29) is 0 Å². The van der Waals surface area contributed by atoms with Crippen LogP contribution in [0.3, 0.4) is 0 Å². The van der Waals surface area contributed by atoms with Gasteiger partial charge in [0.25, 0.3) is 0 Å². The highest BCUT2D eigenvalue weighted by Gasteiger charge is 2.20. The highest BCUT2D eigenvalue weighted by molar-refractivity contribution is 5.42. The number of ether oxygens (including phenoxy) is 2. The fraction of sp³-hybridized carbons (Fsp3) is 0.375. The quantitative estimate of drug-likeness (QED) is 0.880. The smallest absolute Gasteiger partial charge is 0.222 e. The molecule has 22 heavy (non-hydrogen) atoms. The molecule has 0 amide bonds. The van der Waals surface area contributed by atoms with Crippen LogP contribution in [0.1, 0.15) is 23.6 Å². The van der Waals surface area contributed by atoms with Gasteiger partial charge < -0.3 is 20.5 Å². The minimum atomic E-state index is 0.293. The summed E-state index contributed by atoms with van der Waals surface area (Å²) in [4.78, 5) is 8.57. The topological polar surface area (TPSA) is 82.3 Å². The van der Waals surface area contributed by atoms with Crippen LogP contribution >= 0.6 is 0 Å². The normalized spacial score (nSPS) is 17.4. The minimum absolute atomic E-state index is 0.293. The molecule has 1 aliphatic heterocycles. The van der Waals surface area contributed by atoms with Crippen molar-refractivity contribution in [2.24, 2.45) is 0 Å². The summed E-state index contributed by atoms with van der Waals surface area (Å²) in [6.45, 7) is 2.15. The molecule has 0 aliphatic carbocycles. The van der Waals surface area contributed by atoms with Crippen molar-refractivity contribution in [3.8, 4) is 5.75 Å². The minimum Gasteiger partial charge on any atom is -0.497 e. The largest absolute Gasteiger partial charge is 0.497 e. The molecule has 0 unspecified atom stereocenters. The molecule has 3 rings (SSSR count). The van der Waals surface area contributed by atoms with Crippen LogP contribution in [0.25, 0.3) is 0 Å². The Bertz CT molecular complexity index is 625. The van der Waals surface area contributed by atoms with Crippen LogP contribution in [-0.4, -0.2) is 30.3 Å². The summed E-state index contributed by atoms with van der Waals surface area (Å²) in [6.07, 6.45) is 0.981. The fourth-order valence-electron chi connectivity index (χ4n) is 2.49. The first-order valence-corrected chi connectivity index (χ1v) is 7.33. The Labute approximate surface area is 129 Å². The van der Waals surface area contributed by atoms with Gasteiger partial charge in [0, 0.05) is 25.1 Å². The highest BCUT2D eigenvalue weighted by Crippen LogP contribution is 2.25. The third-order valence-electron chi connectivity index (χ3n) is 3.74. The van der Waals surface area contributed by atoms with E-state index >= 15 is 0 Å². The van der Waals surface area contributed by atoms with Crippen LogP contribution in [-0.2, 0) is 11.3 Å². The molecule has 0 radical (unpaired) electrons. The summed E-state index contributed by atoms with van der Waals surface area (Å²) in [6, 6.07) is 9.86. The molecule has 1 aromatic heterocycles. The first kappa shape index (κ1) is 14.6. The second-order valence-corrected chi connectivity index (χ2v) is 5.30. The van der Waals surface area contributed by atoms with Gasteiger partial charge in [-0.25, -0.2) is 4.98 Å². The molecule has 0 spiro atoms. The second-order valence-electron chi connectivity index (χ2n) is 5.30. The Morgan fingerprint density at radius 2 is 2.14 bits per heavy atom. The average molecular weight is 300 g/mol. The molecule has 6 nitrogen and oxygen atoms in total. The third kappa shape index (κ3) is 3.46. The van der Waals surface area contributed by atoms with Crippen LogP contribution in [0.15, 0.2) is 30.3 Å². The van der Waals surface area contributed by atoms with E-state index in [1.807, 2.05) is 30.3 Å². The maximum Gasteiger partial charge on any atom is 0.222 e. The van der Waals surface area contributed by atoms with Crippen molar-refractivity contribution in [3.05, 3.63) is 41.6 Å². The molecule has 2 aromatic rings. The van der Waals surface area contributed by atoms with E-state index < -0.39 is 0 Å². The van der Waals surface area contributed by atoms with Crippen LogP contribution < -0.4 is 15.8 Å². The van der Waals surface area contributed by atoms with Gasteiger partial charge in [0.05, 0.1) is 19.4 Å². The van der Waals surface area contributed by atoms with Crippen LogP contribution in [0.4, 0.5) is 11.8 Å². The van der Waals surface area contributed by atoms with Gasteiger partial charge in [0.2, 0.25) is 5.95 Å². The molecule has 1 aliphatic rings. The highest BCUT2D eigenvalue weighted by atomic mass is 16.5. The molecule has 6 heteroatoms. The van der Waals surface area contributed by atoms with Gasteiger partial charge in [-0.2, -0.15) is 4.98 Å². The van der Waals surface area contributed by atoms with Crippen molar-refractivity contribution < 1.29 is 9.47 Å². The van der Waals surface area contributed by atoms with E-state index in [0.717, 1.165) is 35.9 Å². The SMILES string of the molecule is COc1ccc(CNc2cc([C@H]3CCOC3)nc(N)n2)cc1. The summed E-state index contributed by atoms with van der Waals surface area (Å²) in [5.41, 5.74) is 7.90. The lowest BCUT2D eigenvalue weighted by Gasteiger charge is -2.11. The Kier molecular flexibility index (Phi) is 4.39. The fourth-order valence-corrected chi connectivity index (χ4v) is 2.49.